The molecule has 0 saturated carbocycles. The summed E-state index contributed by atoms with van der Waals surface area (Å²) in [7, 11) is 0. The van der Waals surface area contributed by atoms with Crippen LogP contribution in [0.25, 0.3) is 0 Å². The van der Waals surface area contributed by atoms with Crippen molar-refractivity contribution < 1.29 is 27.5 Å². The van der Waals surface area contributed by atoms with Crippen LogP contribution in [0.4, 0.5) is 24.5 Å². The smallest absolute Gasteiger partial charge is 0.416 e. The molecule has 0 saturated heterocycles. The number of nitrogens with zero attached hydrogens (tertiary/aromatic N) is 1. The number of halogens is 3. The van der Waals surface area contributed by atoms with E-state index >= 15 is 0 Å². The average Bonchev–Trinajstić information content (AvgIpc) is 2.63. The Labute approximate surface area is 152 Å². The lowest BCUT2D eigenvalue weighted by Gasteiger charge is -2.32. The Balaban J connectivity index is 1.67. The molecule has 2 aromatic rings. The molecule has 0 aliphatic carbocycles. The van der Waals surface area contributed by atoms with Gasteiger partial charge in [0.05, 0.1) is 16.9 Å². The van der Waals surface area contributed by atoms with Gasteiger partial charge in [-0.1, -0.05) is 18.2 Å². The van der Waals surface area contributed by atoms with Gasteiger partial charge in [-0.15, -0.1) is 0 Å². The van der Waals surface area contributed by atoms with Gasteiger partial charge in [-0.2, -0.15) is 13.2 Å². The predicted molar refractivity (Wildman–Crippen MR) is 92.1 cm³/mol. The molecule has 0 aromatic heterocycles. The van der Waals surface area contributed by atoms with Crippen LogP contribution in [0.15, 0.2) is 48.5 Å². The van der Waals surface area contributed by atoms with E-state index < -0.39 is 23.8 Å². The summed E-state index contributed by atoms with van der Waals surface area (Å²) < 4.78 is 43.7. The quantitative estimate of drug-likeness (QED) is 0.802. The number of rotatable bonds is 4. The molecule has 1 unspecified atom stereocenters. The number of alkyl halides is 3. The molecule has 6 nitrogen and oxygen atoms in total. The lowest BCUT2D eigenvalue weighted by atomic mass is 10.2. The van der Waals surface area contributed by atoms with Gasteiger partial charge in [0.25, 0.3) is 11.8 Å². The van der Waals surface area contributed by atoms with E-state index in [0.717, 1.165) is 12.1 Å². The van der Waals surface area contributed by atoms with Crippen molar-refractivity contribution in [2.24, 2.45) is 0 Å². The zero-order valence-electron chi connectivity index (χ0n) is 14.2. The van der Waals surface area contributed by atoms with Crippen LogP contribution in [0, 0.1) is 0 Å². The molecular weight excluding hydrogens is 363 g/mol. The van der Waals surface area contributed by atoms with Crippen molar-refractivity contribution in [1.82, 2.24) is 5.43 Å². The Hall–Kier alpha value is -3.23. The molecule has 2 amide bonds. The number of para-hydroxylation sites is 2. The van der Waals surface area contributed by atoms with Crippen LogP contribution in [-0.2, 0) is 15.8 Å². The number of benzene rings is 2. The molecule has 142 valence electrons. The summed E-state index contributed by atoms with van der Waals surface area (Å²) in [5.74, 6) is -0.504. The van der Waals surface area contributed by atoms with E-state index in [4.69, 9.17) is 4.74 Å². The SMILES string of the molecule is CC1Oc2ccccc2N(CC(=O)NNc2cccc(C(F)(F)F)c2)C1=O. The van der Waals surface area contributed by atoms with Crippen LogP contribution in [0.5, 0.6) is 5.75 Å². The minimum Gasteiger partial charge on any atom is -0.479 e. The number of hydrogen-bond donors (Lipinski definition) is 2. The summed E-state index contributed by atoms with van der Waals surface area (Å²) in [4.78, 5) is 25.8. The maximum atomic E-state index is 12.7. The monoisotopic (exact) mass is 379 g/mol. The lowest BCUT2D eigenvalue weighted by molar-refractivity contribution is -0.137. The summed E-state index contributed by atoms with van der Waals surface area (Å²) in [6, 6.07) is 11.2. The number of hydrazine groups is 1. The van der Waals surface area contributed by atoms with E-state index in [1.165, 1.54) is 17.0 Å². The standard InChI is InChI=1S/C18H16F3N3O3/c1-11-17(26)24(14-7-2-3-8-15(14)27-11)10-16(25)23-22-13-6-4-5-12(9-13)18(19,20)21/h2-9,11,22H,10H2,1H3,(H,23,25). The third-order valence-electron chi connectivity index (χ3n) is 3.91. The van der Waals surface area contributed by atoms with Gasteiger partial charge < -0.3 is 4.74 Å². The van der Waals surface area contributed by atoms with Gasteiger partial charge in [0, 0.05) is 0 Å². The number of nitrogens with one attached hydrogen (secondary N) is 2. The van der Waals surface area contributed by atoms with Gasteiger partial charge in [0.1, 0.15) is 12.3 Å². The third kappa shape index (κ3) is 4.13. The average molecular weight is 379 g/mol. The summed E-state index contributed by atoms with van der Waals surface area (Å²) in [6.45, 7) is 1.26. The Kier molecular flexibility index (Phi) is 4.93. The zero-order valence-corrected chi connectivity index (χ0v) is 14.2. The van der Waals surface area contributed by atoms with Crippen LogP contribution in [-0.4, -0.2) is 24.5 Å². The zero-order chi connectivity index (χ0) is 19.6. The molecule has 0 bridgehead atoms. The highest BCUT2D eigenvalue weighted by Crippen LogP contribution is 2.33. The molecule has 2 N–H and O–H groups in total. The van der Waals surface area contributed by atoms with E-state index in [1.54, 1.807) is 31.2 Å². The minimum absolute atomic E-state index is 0.0697. The number of anilines is 2. The predicted octanol–water partition coefficient (Wildman–Crippen LogP) is 2.96. The fourth-order valence-electron chi connectivity index (χ4n) is 2.62. The maximum absolute atomic E-state index is 12.7. The van der Waals surface area contributed by atoms with Gasteiger partial charge in [0.2, 0.25) is 0 Å². The van der Waals surface area contributed by atoms with Crippen LogP contribution in [0.3, 0.4) is 0 Å². The first kappa shape index (κ1) is 18.6. The second-order valence-corrected chi connectivity index (χ2v) is 5.90. The largest absolute Gasteiger partial charge is 0.479 e. The number of ether oxygens (including phenoxy) is 1. The topological polar surface area (TPSA) is 70.7 Å². The second-order valence-electron chi connectivity index (χ2n) is 5.90. The summed E-state index contributed by atoms with van der Waals surface area (Å²) >= 11 is 0. The maximum Gasteiger partial charge on any atom is 0.416 e. The van der Waals surface area contributed by atoms with Crippen molar-refractivity contribution in [2.45, 2.75) is 19.2 Å². The molecule has 0 spiro atoms. The van der Waals surface area contributed by atoms with Gasteiger partial charge in [-0.25, -0.2) is 0 Å². The number of carbonyl (C=O) groups is 2. The summed E-state index contributed by atoms with van der Waals surface area (Å²) in [5, 5.41) is 0. The molecule has 1 aliphatic heterocycles. The molecule has 1 atom stereocenters. The van der Waals surface area contributed by atoms with E-state index in [9.17, 15) is 22.8 Å². The first-order chi connectivity index (χ1) is 12.8. The Morgan fingerprint density at radius 3 is 2.67 bits per heavy atom. The van der Waals surface area contributed by atoms with Crippen molar-refractivity contribution in [3.8, 4) is 5.75 Å². The van der Waals surface area contributed by atoms with Crippen LogP contribution in [0.1, 0.15) is 12.5 Å². The van der Waals surface area contributed by atoms with E-state index in [1.807, 2.05) is 0 Å². The van der Waals surface area contributed by atoms with E-state index in [2.05, 4.69) is 10.9 Å². The van der Waals surface area contributed by atoms with Crippen LogP contribution >= 0.6 is 0 Å². The molecule has 9 heteroatoms. The normalized spacial score (nSPS) is 16.4. The second kappa shape index (κ2) is 7.18. The van der Waals surface area contributed by atoms with Crippen molar-refractivity contribution in [2.75, 3.05) is 16.9 Å². The molecule has 1 heterocycles. The fraction of sp³-hybridized carbons (Fsp3) is 0.222. The van der Waals surface area contributed by atoms with Crippen molar-refractivity contribution >= 4 is 23.2 Å². The number of fused-ring (bicyclic) bond motifs is 1. The van der Waals surface area contributed by atoms with Crippen molar-refractivity contribution in [1.29, 1.82) is 0 Å². The van der Waals surface area contributed by atoms with Crippen LogP contribution < -0.4 is 20.5 Å². The van der Waals surface area contributed by atoms with Gasteiger partial charge in [-0.3, -0.25) is 25.3 Å². The van der Waals surface area contributed by atoms with Gasteiger partial charge in [-0.05, 0) is 37.3 Å². The summed E-state index contributed by atoms with van der Waals surface area (Å²) in [6.07, 6.45) is -5.23. The van der Waals surface area contributed by atoms with Crippen molar-refractivity contribution in [3.63, 3.8) is 0 Å². The molecule has 0 fully saturated rings. The highest BCUT2D eigenvalue weighted by molar-refractivity contribution is 6.03. The number of amides is 2. The van der Waals surface area contributed by atoms with Crippen molar-refractivity contribution in [3.05, 3.63) is 54.1 Å². The van der Waals surface area contributed by atoms with Gasteiger partial charge in [0.15, 0.2) is 6.10 Å². The molecule has 27 heavy (non-hydrogen) atoms. The number of hydrogen-bond acceptors (Lipinski definition) is 4. The molecular formula is C18H16F3N3O3. The Morgan fingerprint density at radius 1 is 1.19 bits per heavy atom. The Bertz CT molecular complexity index is 870. The van der Waals surface area contributed by atoms with E-state index in [-0.39, 0.29) is 18.1 Å². The molecule has 3 rings (SSSR count). The Morgan fingerprint density at radius 2 is 1.93 bits per heavy atom. The number of carbonyl (C=O) groups excluding carboxylic acids is 2. The minimum atomic E-state index is -4.48. The van der Waals surface area contributed by atoms with Crippen LogP contribution in [0.2, 0.25) is 0 Å². The third-order valence-corrected chi connectivity index (χ3v) is 3.91. The highest BCUT2D eigenvalue weighted by Gasteiger charge is 2.33. The fourth-order valence-corrected chi connectivity index (χ4v) is 2.62. The van der Waals surface area contributed by atoms with E-state index in [0.29, 0.717) is 11.4 Å². The highest BCUT2D eigenvalue weighted by atomic mass is 19.4. The summed E-state index contributed by atoms with van der Waals surface area (Å²) in [5.41, 5.74) is 4.41. The molecule has 2 aromatic carbocycles. The first-order valence-corrected chi connectivity index (χ1v) is 8.05. The molecule has 1 aliphatic rings. The first-order valence-electron chi connectivity index (χ1n) is 8.05. The molecule has 0 radical (unpaired) electrons. The van der Waals surface area contributed by atoms with Gasteiger partial charge >= 0.3 is 6.18 Å². The lowest BCUT2D eigenvalue weighted by Crippen LogP contribution is -2.49.